The number of anilines is 3. The summed E-state index contributed by atoms with van der Waals surface area (Å²) in [4.78, 5) is 2.35. The number of hydrogen-bond acceptors (Lipinski definition) is 2. The molecule has 0 radical (unpaired) electrons. The molecule has 0 aliphatic rings. The van der Waals surface area contributed by atoms with Crippen LogP contribution >= 0.6 is 0 Å². The lowest BCUT2D eigenvalue weighted by Crippen LogP contribution is -2.11. The van der Waals surface area contributed by atoms with Crippen LogP contribution in [-0.2, 0) is 0 Å². The lowest BCUT2D eigenvalue weighted by molar-refractivity contribution is 0.669. The highest BCUT2D eigenvalue weighted by molar-refractivity contribution is 6.11. The number of fused-ring (bicyclic) bond motifs is 3. The molecule has 0 saturated heterocycles. The van der Waals surface area contributed by atoms with E-state index in [4.69, 9.17) is 4.42 Å². The fourth-order valence-electron chi connectivity index (χ4n) is 8.15. The van der Waals surface area contributed by atoms with E-state index in [0.29, 0.717) is 0 Å². The fraction of sp³-hybridized carbons (Fsp3) is 0. The van der Waals surface area contributed by atoms with Crippen molar-refractivity contribution >= 4 is 39.0 Å². The third kappa shape index (κ3) is 5.95. The Labute approximate surface area is 327 Å². The van der Waals surface area contributed by atoms with Gasteiger partial charge in [-0.3, -0.25) is 0 Å². The third-order valence-electron chi connectivity index (χ3n) is 10.7. The Hall–Kier alpha value is -7.42. The van der Waals surface area contributed by atoms with Crippen LogP contribution in [0.5, 0.6) is 0 Å². The standard InChI is InChI=1S/C54H37NO/c1-3-18-38(19-4-1)42-22-7-9-25-45(42)47-27-11-12-28-48(47)46-26-10-8-23-43(46)40-34-36-41(37-35-40)55(51-31-15-13-24-44(51)39-20-5-2-6-21-39)52-32-17-30-50-49-29-14-16-33-53(49)56-54(50)52/h1-37H. The molecule has 56 heavy (non-hydrogen) atoms. The maximum absolute atomic E-state index is 6.65. The molecule has 2 heteroatoms. The summed E-state index contributed by atoms with van der Waals surface area (Å²) >= 11 is 0. The van der Waals surface area contributed by atoms with Crippen molar-refractivity contribution < 1.29 is 4.42 Å². The second-order valence-electron chi connectivity index (χ2n) is 14.0. The van der Waals surface area contributed by atoms with Crippen LogP contribution in [0.4, 0.5) is 17.1 Å². The van der Waals surface area contributed by atoms with Gasteiger partial charge in [-0.15, -0.1) is 0 Å². The van der Waals surface area contributed by atoms with Crippen LogP contribution in [-0.4, -0.2) is 0 Å². The number of furan rings is 1. The average Bonchev–Trinajstić information content (AvgIpc) is 3.67. The predicted octanol–water partition coefficient (Wildman–Crippen LogP) is 15.4. The molecule has 0 aliphatic carbocycles. The molecule has 264 valence electrons. The lowest BCUT2D eigenvalue weighted by Gasteiger charge is -2.28. The predicted molar refractivity (Wildman–Crippen MR) is 236 cm³/mol. The summed E-state index contributed by atoms with van der Waals surface area (Å²) in [6.45, 7) is 0. The van der Waals surface area contributed by atoms with Gasteiger partial charge >= 0.3 is 0 Å². The van der Waals surface area contributed by atoms with Gasteiger partial charge in [0.1, 0.15) is 5.58 Å². The Bertz CT molecular complexity index is 2960. The maximum Gasteiger partial charge on any atom is 0.159 e. The molecule has 0 aliphatic heterocycles. The summed E-state index contributed by atoms with van der Waals surface area (Å²) in [5.74, 6) is 0. The molecule has 0 unspecified atom stereocenters. The van der Waals surface area contributed by atoms with Crippen molar-refractivity contribution in [2.75, 3.05) is 4.90 Å². The van der Waals surface area contributed by atoms with Crippen molar-refractivity contribution in [3.05, 3.63) is 224 Å². The number of para-hydroxylation sites is 3. The topological polar surface area (TPSA) is 16.4 Å². The van der Waals surface area contributed by atoms with Gasteiger partial charge in [0.25, 0.3) is 0 Å². The van der Waals surface area contributed by atoms with E-state index in [-0.39, 0.29) is 0 Å². The fourth-order valence-corrected chi connectivity index (χ4v) is 8.15. The van der Waals surface area contributed by atoms with Crippen molar-refractivity contribution in [2.45, 2.75) is 0 Å². The van der Waals surface area contributed by atoms with Crippen molar-refractivity contribution in [3.8, 4) is 55.6 Å². The van der Waals surface area contributed by atoms with E-state index in [1.807, 2.05) is 12.1 Å². The molecule has 10 aromatic rings. The molecular weight excluding hydrogens is 679 g/mol. The highest BCUT2D eigenvalue weighted by Crippen LogP contribution is 2.46. The number of nitrogens with zero attached hydrogens (tertiary/aromatic N) is 1. The second-order valence-corrected chi connectivity index (χ2v) is 14.0. The summed E-state index contributed by atoms with van der Waals surface area (Å²) in [5, 5.41) is 2.21. The molecule has 0 N–H and O–H groups in total. The zero-order chi connectivity index (χ0) is 37.3. The van der Waals surface area contributed by atoms with Crippen LogP contribution in [0.1, 0.15) is 0 Å². The summed E-state index contributed by atoms with van der Waals surface area (Å²) in [5.41, 5.74) is 16.7. The summed E-state index contributed by atoms with van der Waals surface area (Å²) in [7, 11) is 0. The Morgan fingerprint density at radius 2 is 0.679 bits per heavy atom. The van der Waals surface area contributed by atoms with E-state index in [0.717, 1.165) is 55.7 Å². The van der Waals surface area contributed by atoms with Crippen LogP contribution < -0.4 is 4.90 Å². The Morgan fingerprint density at radius 3 is 1.29 bits per heavy atom. The highest BCUT2D eigenvalue weighted by Gasteiger charge is 2.22. The van der Waals surface area contributed by atoms with Gasteiger partial charge in [-0.05, 0) is 80.4 Å². The van der Waals surface area contributed by atoms with Crippen molar-refractivity contribution in [1.29, 1.82) is 0 Å². The lowest BCUT2D eigenvalue weighted by atomic mass is 9.87. The molecule has 0 fully saturated rings. The van der Waals surface area contributed by atoms with Crippen LogP contribution in [0.3, 0.4) is 0 Å². The minimum absolute atomic E-state index is 0.860. The molecule has 9 aromatic carbocycles. The Kier molecular flexibility index (Phi) is 8.55. The minimum atomic E-state index is 0.860. The average molecular weight is 716 g/mol. The molecule has 0 saturated carbocycles. The van der Waals surface area contributed by atoms with E-state index < -0.39 is 0 Å². The molecule has 1 heterocycles. The van der Waals surface area contributed by atoms with E-state index in [1.165, 1.54) is 38.9 Å². The van der Waals surface area contributed by atoms with Crippen LogP contribution in [0.25, 0.3) is 77.6 Å². The van der Waals surface area contributed by atoms with Gasteiger partial charge < -0.3 is 9.32 Å². The van der Waals surface area contributed by atoms with E-state index in [2.05, 4.69) is 217 Å². The molecular formula is C54H37NO. The molecule has 2 nitrogen and oxygen atoms in total. The number of benzene rings is 9. The van der Waals surface area contributed by atoms with Gasteiger partial charge in [0, 0.05) is 22.0 Å². The van der Waals surface area contributed by atoms with E-state index >= 15 is 0 Å². The van der Waals surface area contributed by atoms with Gasteiger partial charge in [-0.25, -0.2) is 0 Å². The van der Waals surface area contributed by atoms with Crippen molar-refractivity contribution in [2.24, 2.45) is 0 Å². The van der Waals surface area contributed by atoms with Crippen LogP contribution in [0, 0.1) is 0 Å². The molecule has 1 aromatic heterocycles. The van der Waals surface area contributed by atoms with Crippen LogP contribution in [0.2, 0.25) is 0 Å². The maximum atomic E-state index is 6.65. The monoisotopic (exact) mass is 715 g/mol. The number of rotatable bonds is 8. The van der Waals surface area contributed by atoms with Gasteiger partial charge in [-0.1, -0.05) is 194 Å². The molecule has 0 bridgehead atoms. The first-order valence-corrected chi connectivity index (χ1v) is 19.1. The highest BCUT2D eigenvalue weighted by atomic mass is 16.3. The normalized spacial score (nSPS) is 11.2. The molecule has 10 rings (SSSR count). The third-order valence-corrected chi connectivity index (χ3v) is 10.7. The summed E-state index contributed by atoms with van der Waals surface area (Å²) in [6, 6.07) is 79.9. The molecule has 0 spiro atoms. The van der Waals surface area contributed by atoms with Crippen molar-refractivity contribution in [3.63, 3.8) is 0 Å². The van der Waals surface area contributed by atoms with Gasteiger partial charge in [0.05, 0.1) is 11.4 Å². The van der Waals surface area contributed by atoms with Crippen LogP contribution in [0.15, 0.2) is 229 Å². The first kappa shape index (κ1) is 33.2. The minimum Gasteiger partial charge on any atom is -0.454 e. The Balaban J connectivity index is 1.12. The molecule has 0 amide bonds. The Morgan fingerprint density at radius 1 is 0.268 bits per heavy atom. The summed E-state index contributed by atoms with van der Waals surface area (Å²) in [6.07, 6.45) is 0. The quantitative estimate of drug-likeness (QED) is 0.156. The molecule has 0 atom stereocenters. The SMILES string of the molecule is c1ccc(-c2ccccc2-c2ccccc2-c2ccccc2-c2ccc(N(c3ccccc3-c3ccccc3)c3cccc4c3oc3ccccc34)cc2)cc1. The van der Waals surface area contributed by atoms with Gasteiger partial charge in [0.15, 0.2) is 5.58 Å². The first-order chi connectivity index (χ1) is 27.8. The van der Waals surface area contributed by atoms with E-state index in [9.17, 15) is 0 Å². The first-order valence-electron chi connectivity index (χ1n) is 19.1. The second kappa shape index (κ2) is 14.4. The smallest absolute Gasteiger partial charge is 0.159 e. The van der Waals surface area contributed by atoms with Gasteiger partial charge in [0.2, 0.25) is 0 Å². The summed E-state index contributed by atoms with van der Waals surface area (Å²) < 4.78 is 6.65. The van der Waals surface area contributed by atoms with Crippen molar-refractivity contribution in [1.82, 2.24) is 0 Å². The zero-order valence-corrected chi connectivity index (χ0v) is 30.7. The number of hydrogen-bond donors (Lipinski definition) is 0. The largest absolute Gasteiger partial charge is 0.454 e. The van der Waals surface area contributed by atoms with Gasteiger partial charge in [-0.2, -0.15) is 0 Å². The van der Waals surface area contributed by atoms with E-state index in [1.54, 1.807) is 0 Å². The zero-order valence-electron chi connectivity index (χ0n) is 30.7.